The number of hydrogen-bond acceptors (Lipinski definition) is 1. The maximum absolute atomic E-state index is 9.61. The molecular weight excluding hydrogens is 368 g/mol. The molecular formula is C28H23O2+. The van der Waals surface area contributed by atoms with Crippen LogP contribution in [-0.2, 0) is 6.42 Å². The molecule has 0 aliphatic heterocycles. The molecule has 0 radical (unpaired) electrons. The molecule has 5 rings (SSSR count). The number of hydrogen-bond donors (Lipinski definition) is 1. The maximum Gasteiger partial charge on any atom is 0.361 e. The molecule has 1 aliphatic carbocycles. The van der Waals surface area contributed by atoms with E-state index in [9.17, 15) is 5.11 Å². The van der Waals surface area contributed by atoms with Crippen LogP contribution in [0.4, 0.5) is 0 Å². The van der Waals surface area contributed by atoms with E-state index in [1.807, 2.05) is 30.3 Å². The summed E-state index contributed by atoms with van der Waals surface area (Å²) in [6, 6.07) is 30.4. The molecule has 3 aromatic carbocycles. The van der Waals surface area contributed by atoms with Crippen molar-refractivity contribution in [3.63, 3.8) is 0 Å². The minimum absolute atomic E-state index is 0.281. The molecule has 4 aromatic rings. The van der Waals surface area contributed by atoms with E-state index in [4.69, 9.17) is 4.42 Å². The van der Waals surface area contributed by atoms with Crippen molar-refractivity contribution in [2.75, 3.05) is 0 Å². The molecule has 0 fully saturated rings. The predicted molar refractivity (Wildman–Crippen MR) is 123 cm³/mol. The van der Waals surface area contributed by atoms with Crippen molar-refractivity contribution in [1.82, 2.24) is 0 Å². The number of benzene rings is 3. The standard InChI is InChI=1S/C28H22O2/c29-24-16-14-20(15-17-24)18-23-12-7-13-25-26(21-8-3-1-4-9-21)19-27(30-28(23)25)22-10-5-2-6-11-22/h1-6,8-11,14-19H,7,12-13H2/p+1/b23-18-. The smallest absolute Gasteiger partial charge is 0.361 e. The second-order valence-electron chi connectivity index (χ2n) is 7.68. The fourth-order valence-corrected chi connectivity index (χ4v) is 4.15. The van der Waals surface area contributed by atoms with Gasteiger partial charge >= 0.3 is 11.5 Å². The van der Waals surface area contributed by atoms with Crippen molar-refractivity contribution in [3.8, 4) is 28.2 Å². The van der Waals surface area contributed by atoms with Gasteiger partial charge in [0.2, 0.25) is 0 Å². The average molecular weight is 391 g/mol. The third-order valence-electron chi connectivity index (χ3n) is 5.63. The summed E-state index contributed by atoms with van der Waals surface area (Å²) < 4.78 is 6.54. The third kappa shape index (κ3) is 3.65. The quantitative estimate of drug-likeness (QED) is 0.367. The van der Waals surface area contributed by atoms with Gasteiger partial charge in [-0.3, -0.25) is 0 Å². The molecule has 0 saturated heterocycles. The van der Waals surface area contributed by atoms with E-state index in [-0.39, 0.29) is 5.75 Å². The zero-order chi connectivity index (χ0) is 20.3. The van der Waals surface area contributed by atoms with Gasteiger partial charge in [-0.25, -0.2) is 4.42 Å². The van der Waals surface area contributed by atoms with E-state index in [0.717, 1.165) is 41.9 Å². The lowest BCUT2D eigenvalue weighted by molar-refractivity contribution is 0.475. The molecule has 0 spiro atoms. The molecule has 1 aromatic heterocycles. The molecule has 0 saturated carbocycles. The van der Waals surface area contributed by atoms with E-state index in [2.05, 4.69) is 54.6 Å². The summed E-state index contributed by atoms with van der Waals surface area (Å²) in [5.74, 6) is 2.14. The second-order valence-corrected chi connectivity index (χ2v) is 7.68. The van der Waals surface area contributed by atoms with Gasteiger partial charge in [-0.2, -0.15) is 0 Å². The summed E-state index contributed by atoms with van der Waals surface area (Å²) >= 11 is 0. The minimum atomic E-state index is 0.281. The monoisotopic (exact) mass is 391 g/mol. The molecule has 2 heteroatoms. The Hall–Kier alpha value is -3.65. The van der Waals surface area contributed by atoms with Crippen molar-refractivity contribution in [1.29, 1.82) is 0 Å². The lowest BCUT2D eigenvalue weighted by Crippen LogP contribution is -2.05. The first-order chi connectivity index (χ1) is 14.8. The molecule has 0 bridgehead atoms. The Morgan fingerprint density at radius 2 is 1.40 bits per heavy atom. The van der Waals surface area contributed by atoms with Gasteiger partial charge in [0.1, 0.15) is 5.75 Å². The Labute approximate surface area is 176 Å². The van der Waals surface area contributed by atoms with Crippen molar-refractivity contribution in [3.05, 3.63) is 108 Å². The van der Waals surface area contributed by atoms with Crippen LogP contribution in [-0.4, -0.2) is 5.11 Å². The zero-order valence-corrected chi connectivity index (χ0v) is 16.7. The summed E-state index contributed by atoms with van der Waals surface area (Å²) in [6.07, 6.45) is 5.26. The summed E-state index contributed by atoms with van der Waals surface area (Å²) in [7, 11) is 0. The first-order valence-electron chi connectivity index (χ1n) is 10.4. The summed E-state index contributed by atoms with van der Waals surface area (Å²) in [4.78, 5) is 0. The van der Waals surface area contributed by atoms with Gasteiger partial charge in [-0.1, -0.05) is 60.7 Å². The van der Waals surface area contributed by atoms with Crippen LogP contribution in [0, 0.1) is 0 Å². The fraction of sp³-hybridized carbons (Fsp3) is 0.107. The van der Waals surface area contributed by atoms with E-state index in [0.29, 0.717) is 0 Å². The maximum atomic E-state index is 9.61. The summed E-state index contributed by atoms with van der Waals surface area (Å²) in [5, 5.41) is 9.61. The van der Waals surface area contributed by atoms with Crippen molar-refractivity contribution >= 4 is 11.6 Å². The number of phenolic OH excluding ortho intramolecular Hbond substituents is 1. The number of aromatic hydroxyl groups is 1. The lowest BCUT2D eigenvalue weighted by atomic mass is 9.86. The first-order valence-corrected chi connectivity index (χ1v) is 10.4. The Kier molecular flexibility index (Phi) is 4.90. The van der Waals surface area contributed by atoms with Gasteiger partial charge in [-0.15, -0.1) is 0 Å². The van der Waals surface area contributed by atoms with Crippen molar-refractivity contribution < 1.29 is 9.52 Å². The predicted octanol–water partition coefficient (Wildman–Crippen LogP) is 7.48. The molecule has 0 amide bonds. The number of phenols is 1. The van der Waals surface area contributed by atoms with E-state index >= 15 is 0 Å². The highest BCUT2D eigenvalue weighted by Crippen LogP contribution is 2.41. The van der Waals surface area contributed by atoms with Crippen LogP contribution in [0.2, 0.25) is 0 Å². The zero-order valence-electron chi connectivity index (χ0n) is 16.7. The van der Waals surface area contributed by atoms with Crippen LogP contribution in [0.1, 0.15) is 29.7 Å². The largest absolute Gasteiger partial charge is 0.508 e. The van der Waals surface area contributed by atoms with E-state index < -0.39 is 0 Å². The van der Waals surface area contributed by atoms with Crippen LogP contribution in [0.25, 0.3) is 34.1 Å². The van der Waals surface area contributed by atoms with E-state index in [1.54, 1.807) is 12.1 Å². The Morgan fingerprint density at radius 3 is 2.10 bits per heavy atom. The average Bonchev–Trinajstić information content (AvgIpc) is 2.81. The Bertz CT molecular complexity index is 1190. The summed E-state index contributed by atoms with van der Waals surface area (Å²) in [5.41, 5.74) is 7.08. The van der Waals surface area contributed by atoms with Crippen LogP contribution < -0.4 is 0 Å². The van der Waals surface area contributed by atoms with Gasteiger partial charge in [0.15, 0.2) is 0 Å². The lowest BCUT2D eigenvalue weighted by Gasteiger charge is -2.15. The van der Waals surface area contributed by atoms with Crippen LogP contribution in [0.3, 0.4) is 0 Å². The number of allylic oxidation sites excluding steroid dienone is 1. The molecule has 146 valence electrons. The topological polar surface area (TPSA) is 31.5 Å². The number of rotatable bonds is 3. The highest BCUT2D eigenvalue weighted by atomic mass is 16.3. The molecule has 1 heterocycles. The second kappa shape index (κ2) is 8.00. The molecule has 30 heavy (non-hydrogen) atoms. The van der Waals surface area contributed by atoms with Crippen molar-refractivity contribution in [2.24, 2.45) is 0 Å². The van der Waals surface area contributed by atoms with Crippen LogP contribution in [0.15, 0.2) is 95.4 Å². The van der Waals surface area contributed by atoms with Crippen LogP contribution >= 0.6 is 0 Å². The third-order valence-corrected chi connectivity index (χ3v) is 5.63. The normalized spacial score (nSPS) is 14.5. The van der Waals surface area contributed by atoms with Gasteiger partial charge < -0.3 is 5.11 Å². The first kappa shape index (κ1) is 18.4. The van der Waals surface area contributed by atoms with E-state index in [1.165, 1.54) is 22.3 Å². The molecule has 2 nitrogen and oxygen atoms in total. The SMILES string of the molecule is Oc1ccc(/C=C2/CCCc3c(-c4ccccc4)cc(-c4ccccc4)[o+]c32)cc1. The molecule has 1 aliphatic rings. The van der Waals surface area contributed by atoms with Crippen molar-refractivity contribution in [2.45, 2.75) is 19.3 Å². The van der Waals surface area contributed by atoms with Crippen LogP contribution in [0.5, 0.6) is 5.75 Å². The van der Waals surface area contributed by atoms with Gasteiger partial charge in [-0.05, 0) is 60.7 Å². The number of fused-ring (bicyclic) bond motifs is 1. The fourth-order valence-electron chi connectivity index (χ4n) is 4.15. The van der Waals surface area contributed by atoms with Gasteiger partial charge in [0, 0.05) is 5.56 Å². The highest BCUT2D eigenvalue weighted by molar-refractivity contribution is 5.86. The van der Waals surface area contributed by atoms with Gasteiger partial charge in [0.25, 0.3) is 0 Å². The molecule has 1 N–H and O–H groups in total. The van der Waals surface area contributed by atoms with Gasteiger partial charge in [0.05, 0.1) is 22.8 Å². The Balaban J connectivity index is 1.71. The minimum Gasteiger partial charge on any atom is -0.508 e. The summed E-state index contributed by atoms with van der Waals surface area (Å²) in [6.45, 7) is 0. The molecule has 0 unspecified atom stereocenters. The highest BCUT2D eigenvalue weighted by Gasteiger charge is 2.31. The Morgan fingerprint density at radius 1 is 0.733 bits per heavy atom. The molecule has 0 atom stereocenters.